The normalized spacial score (nSPS) is 15.3. The summed E-state index contributed by atoms with van der Waals surface area (Å²) in [6.45, 7) is 4.15. The van der Waals surface area contributed by atoms with Gasteiger partial charge < -0.3 is 9.73 Å². The first kappa shape index (κ1) is 19.0. The number of nitrogens with zero attached hydrogens (tertiary/aromatic N) is 1. The molecule has 146 valence electrons. The lowest BCUT2D eigenvalue weighted by Crippen LogP contribution is -2.30. The topological polar surface area (TPSA) is 62.6 Å². The number of hydrogen-bond donors (Lipinski definition) is 1. The Hall–Kier alpha value is -3.31. The lowest BCUT2D eigenvalue weighted by Gasteiger charge is -2.12. The summed E-state index contributed by atoms with van der Waals surface area (Å²) in [7, 11) is 0. The van der Waals surface area contributed by atoms with Gasteiger partial charge in [0.05, 0.1) is 6.54 Å². The molecular formula is C23H19ClN2O3. The van der Waals surface area contributed by atoms with E-state index in [9.17, 15) is 9.59 Å². The molecule has 2 heterocycles. The van der Waals surface area contributed by atoms with Crippen LogP contribution in [0.3, 0.4) is 0 Å². The first-order valence-electron chi connectivity index (χ1n) is 9.17. The van der Waals surface area contributed by atoms with Crippen LogP contribution in [0.25, 0.3) is 17.4 Å². The van der Waals surface area contributed by atoms with E-state index in [2.05, 4.69) is 5.32 Å². The summed E-state index contributed by atoms with van der Waals surface area (Å²) in [6, 6.07) is 16.4. The van der Waals surface area contributed by atoms with Crippen LogP contribution < -0.4 is 5.32 Å². The van der Waals surface area contributed by atoms with Crippen molar-refractivity contribution in [3.05, 3.63) is 87.8 Å². The molecule has 0 unspecified atom stereocenters. The van der Waals surface area contributed by atoms with E-state index in [0.29, 0.717) is 16.5 Å². The minimum absolute atomic E-state index is 0.186. The highest BCUT2D eigenvalue weighted by molar-refractivity contribution is 6.30. The summed E-state index contributed by atoms with van der Waals surface area (Å²) in [5, 5.41) is 3.24. The Morgan fingerprint density at radius 1 is 1.07 bits per heavy atom. The predicted octanol–water partition coefficient (Wildman–Crippen LogP) is 5.31. The van der Waals surface area contributed by atoms with Crippen LogP contribution in [0.4, 0.5) is 4.79 Å². The molecule has 1 fully saturated rings. The van der Waals surface area contributed by atoms with E-state index >= 15 is 0 Å². The maximum atomic E-state index is 12.7. The van der Waals surface area contributed by atoms with Gasteiger partial charge in [0.15, 0.2) is 0 Å². The molecule has 2 aromatic carbocycles. The number of carbonyl (C=O) groups excluding carboxylic acids is 2. The maximum Gasteiger partial charge on any atom is 0.329 e. The summed E-state index contributed by atoms with van der Waals surface area (Å²) in [5.74, 6) is 0.735. The lowest BCUT2D eigenvalue weighted by molar-refractivity contribution is -0.123. The van der Waals surface area contributed by atoms with Crippen LogP contribution >= 0.6 is 11.6 Å². The zero-order valence-electron chi connectivity index (χ0n) is 16.0. The zero-order valence-corrected chi connectivity index (χ0v) is 16.8. The van der Waals surface area contributed by atoms with Gasteiger partial charge in [-0.3, -0.25) is 9.69 Å². The van der Waals surface area contributed by atoms with Crippen molar-refractivity contribution < 1.29 is 14.0 Å². The third-order valence-corrected chi connectivity index (χ3v) is 5.00. The van der Waals surface area contributed by atoms with Gasteiger partial charge >= 0.3 is 6.03 Å². The van der Waals surface area contributed by atoms with Crippen LogP contribution in [0.5, 0.6) is 0 Å². The molecule has 29 heavy (non-hydrogen) atoms. The largest absolute Gasteiger partial charge is 0.457 e. The van der Waals surface area contributed by atoms with Gasteiger partial charge in [-0.15, -0.1) is 0 Å². The third-order valence-electron chi connectivity index (χ3n) is 4.76. The maximum absolute atomic E-state index is 12.7. The van der Waals surface area contributed by atoms with Gasteiger partial charge in [0.2, 0.25) is 0 Å². The summed E-state index contributed by atoms with van der Waals surface area (Å²) in [6.07, 6.45) is 1.54. The molecular weight excluding hydrogens is 388 g/mol. The van der Waals surface area contributed by atoms with Crippen molar-refractivity contribution in [3.8, 4) is 11.3 Å². The van der Waals surface area contributed by atoms with E-state index in [1.54, 1.807) is 12.1 Å². The van der Waals surface area contributed by atoms with Gasteiger partial charge in [-0.1, -0.05) is 47.5 Å². The van der Waals surface area contributed by atoms with Crippen LogP contribution in [0, 0.1) is 13.8 Å². The van der Waals surface area contributed by atoms with Crippen LogP contribution in [-0.2, 0) is 11.3 Å². The van der Waals surface area contributed by atoms with E-state index in [-0.39, 0.29) is 18.1 Å². The molecule has 3 amide bonds. The molecule has 1 saturated heterocycles. The summed E-state index contributed by atoms with van der Waals surface area (Å²) in [5.41, 5.74) is 4.06. The van der Waals surface area contributed by atoms with Crippen molar-refractivity contribution in [2.75, 3.05) is 0 Å². The van der Waals surface area contributed by atoms with Gasteiger partial charge in [0.1, 0.15) is 17.2 Å². The number of carbonyl (C=O) groups is 2. The molecule has 1 aromatic heterocycles. The van der Waals surface area contributed by atoms with Crippen LogP contribution in [0.15, 0.2) is 64.7 Å². The number of urea groups is 1. The number of nitrogens with one attached hydrogen (secondary N) is 1. The number of amides is 3. The van der Waals surface area contributed by atoms with Crippen LogP contribution in [-0.4, -0.2) is 16.8 Å². The van der Waals surface area contributed by atoms with Crippen LogP contribution in [0.1, 0.15) is 22.5 Å². The number of imide groups is 1. The first-order chi connectivity index (χ1) is 13.9. The van der Waals surface area contributed by atoms with Gasteiger partial charge in [-0.25, -0.2) is 4.79 Å². The fraction of sp³-hybridized carbons (Fsp3) is 0.130. The average molecular weight is 407 g/mol. The number of halogens is 1. The van der Waals surface area contributed by atoms with Crippen molar-refractivity contribution in [2.24, 2.45) is 0 Å². The standard InChI is InChI=1S/C23H19ClN2O3/c1-14-4-3-5-16(10-14)13-26-22(27)20(25-23(26)28)12-18-8-9-21(29-18)19-11-17(24)7-6-15(19)2/h3-12H,13H2,1-2H3,(H,25,28)/b20-12+. The minimum atomic E-state index is -0.444. The Labute approximate surface area is 173 Å². The van der Waals surface area contributed by atoms with E-state index in [4.69, 9.17) is 16.0 Å². The molecule has 0 aliphatic carbocycles. The number of aryl methyl sites for hydroxylation is 2. The van der Waals surface area contributed by atoms with Crippen molar-refractivity contribution >= 4 is 29.6 Å². The molecule has 0 bridgehead atoms. The second-order valence-electron chi connectivity index (χ2n) is 7.03. The molecule has 1 aliphatic rings. The molecule has 1 N–H and O–H groups in total. The molecule has 0 spiro atoms. The highest BCUT2D eigenvalue weighted by Crippen LogP contribution is 2.29. The molecule has 4 rings (SSSR count). The van der Waals surface area contributed by atoms with Crippen molar-refractivity contribution in [1.82, 2.24) is 10.2 Å². The Balaban J connectivity index is 1.56. The molecule has 0 radical (unpaired) electrons. The number of benzene rings is 2. The summed E-state index contributed by atoms with van der Waals surface area (Å²) in [4.78, 5) is 26.2. The quantitative estimate of drug-likeness (QED) is 0.471. The van der Waals surface area contributed by atoms with Gasteiger partial charge in [-0.2, -0.15) is 0 Å². The minimum Gasteiger partial charge on any atom is -0.457 e. The third kappa shape index (κ3) is 3.96. The Kier molecular flexibility index (Phi) is 4.99. The predicted molar refractivity (Wildman–Crippen MR) is 112 cm³/mol. The van der Waals surface area contributed by atoms with Crippen molar-refractivity contribution in [2.45, 2.75) is 20.4 Å². The first-order valence-corrected chi connectivity index (χ1v) is 9.55. The number of hydrogen-bond acceptors (Lipinski definition) is 3. The molecule has 3 aromatic rings. The Morgan fingerprint density at radius 3 is 2.69 bits per heavy atom. The fourth-order valence-electron chi connectivity index (χ4n) is 3.29. The highest BCUT2D eigenvalue weighted by atomic mass is 35.5. The van der Waals surface area contributed by atoms with Gasteiger partial charge in [-0.05, 0) is 49.2 Å². The second-order valence-corrected chi connectivity index (χ2v) is 7.47. The monoisotopic (exact) mass is 406 g/mol. The number of rotatable bonds is 4. The lowest BCUT2D eigenvalue weighted by atomic mass is 10.1. The number of furan rings is 1. The fourth-order valence-corrected chi connectivity index (χ4v) is 3.46. The smallest absolute Gasteiger partial charge is 0.329 e. The van der Waals surface area contributed by atoms with Crippen molar-refractivity contribution in [3.63, 3.8) is 0 Å². The molecule has 0 saturated carbocycles. The van der Waals surface area contributed by atoms with Gasteiger partial charge in [0, 0.05) is 16.7 Å². The molecule has 0 atom stereocenters. The Morgan fingerprint density at radius 2 is 1.90 bits per heavy atom. The highest BCUT2D eigenvalue weighted by Gasteiger charge is 2.33. The summed E-state index contributed by atoms with van der Waals surface area (Å²) < 4.78 is 5.86. The average Bonchev–Trinajstić information content (AvgIpc) is 3.24. The van der Waals surface area contributed by atoms with E-state index < -0.39 is 6.03 Å². The zero-order chi connectivity index (χ0) is 20.5. The second kappa shape index (κ2) is 7.60. The van der Waals surface area contributed by atoms with Crippen molar-refractivity contribution in [1.29, 1.82) is 0 Å². The van der Waals surface area contributed by atoms with Gasteiger partial charge in [0.25, 0.3) is 5.91 Å². The van der Waals surface area contributed by atoms with E-state index in [0.717, 1.165) is 22.3 Å². The van der Waals surface area contributed by atoms with E-state index in [1.807, 2.05) is 62.4 Å². The summed E-state index contributed by atoms with van der Waals surface area (Å²) >= 11 is 6.09. The SMILES string of the molecule is Cc1cccc(CN2C(=O)N/C(=C/c3ccc(-c4cc(Cl)ccc4C)o3)C2=O)c1. The Bertz CT molecular complexity index is 1150. The van der Waals surface area contributed by atoms with Crippen LogP contribution in [0.2, 0.25) is 5.02 Å². The molecule has 5 nitrogen and oxygen atoms in total. The molecule has 6 heteroatoms. The molecule has 1 aliphatic heterocycles. The van der Waals surface area contributed by atoms with E-state index in [1.165, 1.54) is 4.90 Å².